The summed E-state index contributed by atoms with van der Waals surface area (Å²) in [4.78, 5) is 4.56. The quantitative estimate of drug-likeness (QED) is 0.851. The van der Waals surface area contributed by atoms with Gasteiger partial charge in [-0.05, 0) is 11.1 Å². The average molecular weight is 286 g/mol. The zero-order valence-corrected chi connectivity index (χ0v) is 13.6. The van der Waals surface area contributed by atoms with E-state index in [1.807, 2.05) is 4.68 Å². The third kappa shape index (κ3) is 4.39. The van der Waals surface area contributed by atoms with Gasteiger partial charge >= 0.3 is 0 Å². The van der Waals surface area contributed by atoms with Crippen molar-refractivity contribution >= 4 is 0 Å². The third-order valence-electron chi connectivity index (χ3n) is 3.46. The van der Waals surface area contributed by atoms with Gasteiger partial charge in [-0.1, -0.05) is 52.0 Å². The fourth-order valence-corrected chi connectivity index (χ4v) is 2.30. The minimum atomic E-state index is 0.503. The first kappa shape index (κ1) is 15.7. The summed E-state index contributed by atoms with van der Waals surface area (Å²) >= 11 is 0. The Morgan fingerprint density at radius 2 is 1.90 bits per heavy atom. The van der Waals surface area contributed by atoms with Crippen molar-refractivity contribution in [3.63, 3.8) is 0 Å². The van der Waals surface area contributed by atoms with Crippen molar-refractivity contribution < 1.29 is 0 Å². The van der Waals surface area contributed by atoms with E-state index in [0.717, 1.165) is 37.6 Å². The highest BCUT2D eigenvalue weighted by atomic mass is 15.3. The zero-order chi connectivity index (χ0) is 15.2. The van der Waals surface area contributed by atoms with Crippen LogP contribution in [0.2, 0.25) is 0 Å². The monoisotopic (exact) mass is 286 g/mol. The number of hydrogen-bond donors (Lipinski definition) is 1. The molecule has 0 radical (unpaired) electrons. The SMILES string of the molecule is CCc1nc(CC)n(Cc2cccc(CNC(C)C)c2)n1. The van der Waals surface area contributed by atoms with Crippen molar-refractivity contribution in [2.24, 2.45) is 0 Å². The van der Waals surface area contributed by atoms with Crippen LogP contribution in [0.5, 0.6) is 0 Å². The van der Waals surface area contributed by atoms with Gasteiger partial charge in [0.1, 0.15) is 5.82 Å². The predicted molar refractivity (Wildman–Crippen MR) is 86.3 cm³/mol. The normalized spacial score (nSPS) is 11.3. The summed E-state index contributed by atoms with van der Waals surface area (Å²) in [5, 5.41) is 8.04. The lowest BCUT2D eigenvalue weighted by Gasteiger charge is -2.10. The van der Waals surface area contributed by atoms with E-state index in [0.29, 0.717) is 6.04 Å². The third-order valence-corrected chi connectivity index (χ3v) is 3.46. The molecule has 0 bridgehead atoms. The Balaban J connectivity index is 2.12. The molecule has 4 nitrogen and oxygen atoms in total. The number of nitrogens with one attached hydrogen (secondary N) is 1. The maximum Gasteiger partial charge on any atom is 0.150 e. The summed E-state index contributed by atoms with van der Waals surface area (Å²) in [5.41, 5.74) is 2.59. The Morgan fingerprint density at radius 1 is 1.14 bits per heavy atom. The lowest BCUT2D eigenvalue weighted by Crippen LogP contribution is -2.21. The average Bonchev–Trinajstić information content (AvgIpc) is 2.87. The van der Waals surface area contributed by atoms with Crippen LogP contribution in [0.25, 0.3) is 0 Å². The summed E-state index contributed by atoms with van der Waals surface area (Å²) in [6, 6.07) is 9.20. The van der Waals surface area contributed by atoms with Gasteiger partial charge in [0.05, 0.1) is 6.54 Å². The number of benzene rings is 1. The molecular formula is C17H26N4. The molecule has 1 aromatic heterocycles. The molecule has 0 atom stereocenters. The predicted octanol–water partition coefficient (Wildman–Crippen LogP) is 2.95. The molecule has 0 saturated heterocycles. The van der Waals surface area contributed by atoms with Crippen LogP contribution in [-0.2, 0) is 25.9 Å². The van der Waals surface area contributed by atoms with Crippen LogP contribution in [0.15, 0.2) is 24.3 Å². The molecule has 0 spiro atoms. The fraction of sp³-hybridized carbons (Fsp3) is 0.529. The Kier molecular flexibility index (Phi) is 5.51. The van der Waals surface area contributed by atoms with Crippen LogP contribution in [0.4, 0.5) is 0 Å². The highest BCUT2D eigenvalue weighted by molar-refractivity contribution is 5.23. The standard InChI is InChI=1S/C17H26N4/c1-5-16-19-17(6-2)21(20-16)12-15-9-7-8-14(10-15)11-18-13(3)4/h7-10,13,18H,5-6,11-12H2,1-4H3. The second-order valence-corrected chi connectivity index (χ2v) is 5.66. The highest BCUT2D eigenvalue weighted by Gasteiger charge is 2.08. The molecule has 0 fully saturated rings. The van der Waals surface area contributed by atoms with Crippen LogP contribution in [0.3, 0.4) is 0 Å². The van der Waals surface area contributed by atoms with E-state index < -0.39 is 0 Å². The van der Waals surface area contributed by atoms with Crippen LogP contribution in [-0.4, -0.2) is 20.8 Å². The smallest absolute Gasteiger partial charge is 0.150 e. The summed E-state index contributed by atoms with van der Waals surface area (Å²) in [5.74, 6) is 2.00. The van der Waals surface area contributed by atoms with Gasteiger partial charge in [-0.3, -0.25) is 0 Å². The summed E-state index contributed by atoms with van der Waals surface area (Å²) in [7, 11) is 0. The van der Waals surface area contributed by atoms with E-state index in [4.69, 9.17) is 0 Å². The van der Waals surface area contributed by atoms with E-state index in [1.54, 1.807) is 0 Å². The lowest BCUT2D eigenvalue weighted by molar-refractivity contribution is 0.587. The van der Waals surface area contributed by atoms with Gasteiger partial charge in [-0.25, -0.2) is 9.67 Å². The molecule has 4 heteroatoms. The van der Waals surface area contributed by atoms with Crippen molar-refractivity contribution in [1.82, 2.24) is 20.1 Å². The number of aromatic nitrogens is 3. The summed E-state index contributed by atoms with van der Waals surface area (Å²) in [6.07, 6.45) is 1.81. The van der Waals surface area contributed by atoms with Crippen molar-refractivity contribution in [1.29, 1.82) is 0 Å². The largest absolute Gasteiger partial charge is 0.310 e. The number of rotatable bonds is 7. The van der Waals surface area contributed by atoms with Crippen LogP contribution >= 0.6 is 0 Å². The molecule has 114 valence electrons. The first-order valence-corrected chi connectivity index (χ1v) is 7.86. The Bertz CT molecular complexity index is 572. The number of hydrogen-bond acceptors (Lipinski definition) is 3. The van der Waals surface area contributed by atoms with Gasteiger partial charge in [0.25, 0.3) is 0 Å². The van der Waals surface area contributed by atoms with Crippen molar-refractivity contribution in [2.75, 3.05) is 0 Å². The van der Waals surface area contributed by atoms with Crippen molar-refractivity contribution in [3.05, 3.63) is 47.0 Å². The van der Waals surface area contributed by atoms with Crippen LogP contribution in [0, 0.1) is 0 Å². The molecule has 0 aliphatic heterocycles. The maximum absolute atomic E-state index is 4.59. The number of aryl methyl sites for hydroxylation is 2. The minimum absolute atomic E-state index is 0.503. The Morgan fingerprint density at radius 3 is 2.57 bits per heavy atom. The molecule has 0 saturated carbocycles. The van der Waals surface area contributed by atoms with E-state index in [1.165, 1.54) is 11.1 Å². The molecule has 1 N–H and O–H groups in total. The Labute approximate surface area is 127 Å². The van der Waals surface area contributed by atoms with E-state index in [2.05, 4.69) is 67.4 Å². The van der Waals surface area contributed by atoms with Crippen LogP contribution < -0.4 is 5.32 Å². The molecular weight excluding hydrogens is 260 g/mol. The molecule has 1 heterocycles. The highest BCUT2D eigenvalue weighted by Crippen LogP contribution is 2.10. The first-order chi connectivity index (χ1) is 10.1. The summed E-state index contributed by atoms with van der Waals surface area (Å²) in [6.45, 7) is 10.3. The van der Waals surface area contributed by atoms with E-state index in [-0.39, 0.29) is 0 Å². The summed E-state index contributed by atoms with van der Waals surface area (Å²) < 4.78 is 2.04. The maximum atomic E-state index is 4.59. The van der Waals surface area contributed by atoms with Gasteiger partial charge < -0.3 is 5.32 Å². The van der Waals surface area contributed by atoms with Gasteiger partial charge in [-0.2, -0.15) is 5.10 Å². The molecule has 1 aromatic carbocycles. The van der Waals surface area contributed by atoms with Gasteiger partial charge in [0.2, 0.25) is 0 Å². The van der Waals surface area contributed by atoms with E-state index in [9.17, 15) is 0 Å². The fourth-order valence-electron chi connectivity index (χ4n) is 2.30. The topological polar surface area (TPSA) is 42.7 Å². The second kappa shape index (κ2) is 7.36. The second-order valence-electron chi connectivity index (χ2n) is 5.66. The van der Waals surface area contributed by atoms with Gasteiger partial charge in [0.15, 0.2) is 5.82 Å². The van der Waals surface area contributed by atoms with Gasteiger partial charge in [-0.15, -0.1) is 0 Å². The number of nitrogens with zero attached hydrogens (tertiary/aromatic N) is 3. The van der Waals surface area contributed by atoms with Crippen LogP contribution in [0.1, 0.15) is 50.5 Å². The van der Waals surface area contributed by atoms with Crippen molar-refractivity contribution in [3.8, 4) is 0 Å². The van der Waals surface area contributed by atoms with Crippen molar-refractivity contribution in [2.45, 2.75) is 59.7 Å². The molecule has 2 rings (SSSR count). The molecule has 21 heavy (non-hydrogen) atoms. The molecule has 2 aromatic rings. The first-order valence-electron chi connectivity index (χ1n) is 7.86. The molecule has 0 unspecified atom stereocenters. The molecule has 0 aliphatic rings. The zero-order valence-electron chi connectivity index (χ0n) is 13.6. The van der Waals surface area contributed by atoms with Gasteiger partial charge in [0, 0.05) is 25.4 Å². The minimum Gasteiger partial charge on any atom is -0.310 e. The molecule has 0 aliphatic carbocycles. The Hall–Kier alpha value is -1.68. The van der Waals surface area contributed by atoms with E-state index >= 15 is 0 Å². The lowest BCUT2D eigenvalue weighted by atomic mass is 10.1. The molecule has 0 amide bonds.